The summed E-state index contributed by atoms with van der Waals surface area (Å²) < 4.78 is 42.6. The van der Waals surface area contributed by atoms with E-state index in [-0.39, 0.29) is 17.6 Å². The van der Waals surface area contributed by atoms with Crippen molar-refractivity contribution in [1.82, 2.24) is 0 Å². The van der Waals surface area contributed by atoms with Gasteiger partial charge in [-0.3, -0.25) is 0 Å². The molecule has 8 heteroatoms. The fourth-order valence-corrected chi connectivity index (χ4v) is 18.7. The van der Waals surface area contributed by atoms with Crippen LogP contribution in [0.4, 0.5) is 77.0 Å². The fraction of sp³-hybridized carbons (Fsp3) is 0.0256. The quantitative estimate of drug-likeness (QED) is 0.0897. The number of hydrogen-bond acceptors (Lipinski definition) is 6. The van der Waals surface area contributed by atoms with Crippen molar-refractivity contribution < 1.29 is 18.3 Å². The van der Waals surface area contributed by atoms with Crippen LogP contribution in [-0.2, 0) is 0 Å². The second kappa shape index (κ2) is 31.8. The van der Waals surface area contributed by atoms with Gasteiger partial charge in [-0.05, 0) is 270 Å². The van der Waals surface area contributed by atoms with Crippen LogP contribution in [-0.4, -0.2) is 0 Å². The van der Waals surface area contributed by atoms with E-state index in [2.05, 4.69) is 391 Å². The molecule has 0 aromatic heterocycles. The van der Waals surface area contributed by atoms with E-state index in [0.717, 1.165) is 190 Å². The van der Waals surface area contributed by atoms with Gasteiger partial charge in [-0.1, -0.05) is 263 Å². The molecule has 0 bridgehead atoms. The van der Waals surface area contributed by atoms with Gasteiger partial charge in [-0.25, -0.2) is 8.78 Å². The summed E-state index contributed by atoms with van der Waals surface area (Å²) in [4.78, 5) is 9.13. The Morgan fingerprint density at radius 2 is 0.520 bits per heavy atom. The van der Waals surface area contributed by atoms with Gasteiger partial charge >= 0.3 is 0 Å². The predicted molar refractivity (Wildman–Crippen MR) is 518 cm³/mol. The van der Waals surface area contributed by atoms with Crippen molar-refractivity contribution in [3.8, 4) is 78.6 Å². The first kappa shape index (κ1) is 75.1. The fourth-order valence-electron chi connectivity index (χ4n) is 18.7. The summed E-state index contributed by atoms with van der Waals surface area (Å²) >= 11 is 0. The van der Waals surface area contributed by atoms with E-state index in [0.29, 0.717) is 0 Å². The zero-order chi connectivity index (χ0) is 83.6. The minimum atomic E-state index is -0.281. The third-order valence-electron chi connectivity index (χ3n) is 24.5. The third kappa shape index (κ3) is 13.6. The minimum Gasteiger partial charge on any atom is -0.456 e. The van der Waals surface area contributed by atoms with Crippen LogP contribution in [0, 0.1) is 11.6 Å². The number of ether oxygens (including phenoxy) is 2. The maximum atomic E-state index is 14.3. The Bertz CT molecular complexity index is 7700. The molecule has 21 aromatic carbocycles. The molecular weight excluding hydrogens is 1530 g/mol. The van der Waals surface area contributed by atoms with Crippen LogP contribution >= 0.6 is 0 Å². The summed E-state index contributed by atoms with van der Waals surface area (Å²) in [6, 6.07) is 154. The van der Waals surface area contributed by atoms with Gasteiger partial charge in [-0.2, -0.15) is 0 Å². The number of benzene rings is 21. The summed E-state index contributed by atoms with van der Waals surface area (Å²) in [5.74, 6) is 2.92. The minimum absolute atomic E-state index is 0.248. The summed E-state index contributed by atoms with van der Waals surface area (Å²) in [5, 5.41) is 13.6. The van der Waals surface area contributed by atoms with Crippen LogP contribution in [0.25, 0.3) is 120 Å². The van der Waals surface area contributed by atoms with Gasteiger partial charge < -0.3 is 29.1 Å². The van der Waals surface area contributed by atoms with Crippen LogP contribution in [0.1, 0.15) is 25.3 Å². The van der Waals surface area contributed by atoms with Gasteiger partial charge in [0.1, 0.15) is 34.6 Å². The number of fused-ring (bicyclic) bond motifs is 12. The standard InChI is InChI=1S/C66H44N2O.C51H36F2N2O/c1-6-22-45(23-7-1)48-40-59-58-44-63(68(50-30-14-5-15-31-50)62-37-21-19-33-53(62)47-26-10-3-11-27-47)55-35-17-16-34-54(55)57(58)43-60-56-39-38-51(42-64(56)69-65(41-48)66(59)60)67(49-28-12-4-13-29-49)61-36-20-18-32-52(61)46-24-8-2-9-25-46;1-32(2)33-27-46-45-31-48(55(37-13-7-4-8-14-37)39-23-19-35(53)20-24-39)42-16-10-9-15-41(42)44(45)30-47-43-26-25-40(29-49(43)56-50(28-33)51(46)47)54(36-11-5-3-6-12-36)38-21-17-34(52)18-22-38/h1-44H;3-32H,1-2H3. The Morgan fingerprint density at radius 3 is 0.984 bits per heavy atom. The van der Waals surface area contributed by atoms with E-state index >= 15 is 0 Å². The van der Waals surface area contributed by atoms with Gasteiger partial charge in [0.25, 0.3) is 0 Å². The van der Waals surface area contributed by atoms with E-state index in [1.165, 1.54) is 51.6 Å². The first-order chi connectivity index (χ1) is 61.7. The lowest BCUT2D eigenvalue weighted by Crippen LogP contribution is -2.12. The van der Waals surface area contributed by atoms with Crippen LogP contribution in [0.15, 0.2) is 443 Å². The molecule has 2 aliphatic heterocycles. The van der Waals surface area contributed by atoms with Gasteiger partial charge in [0.2, 0.25) is 0 Å². The molecule has 21 aromatic rings. The smallest absolute Gasteiger partial charge is 0.137 e. The van der Waals surface area contributed by atoms with Crippen molar-refractivity contribution in [3.05, 3.63) is 460 Å². The summed E-state index contributed by atoms with van der Waals surface area (Å²) in [5.41, 5.74) is 24.4. The molecule has 0 atom stereocenters. The first-order valence-electron chi connectivity index (χ1n) is 42.5. The van der Waals surface area contributed by atoms with Crippen molar-refractivity contribution in [3.63, 3.8) is 0 Å². The SMILES string of the molecule is CC(C)c1cc2c3c(cc4c5ccccc5c(N(c5ccccc5)c5ccc(F)cc5)cc4c3c1)-c1ccc(N(c3ccccc3)c3ccc(F)cc3)cc1O2.c1ccc(-c2cc3c4c(cc5c6ccccc6c(N(c6ccccc6)c6ccccc6-c6ccccc6)cc5c4c2)-c2ccc(N(c4ccccc4)c4ccccc4-c4ccccc4)cc2O3)cc1. The van der Waals surface area contributed by atoms with Crippen molar-refractivity contribution in [1.29, 1.82) is 0 Å². The summed E-state index contributed by atoms with van der Waals surface area (Å²) in [6.07, 6.45) is 0. The topological polar surface area (TPSA) is 31.4 Å². The summed E-state index contributed by atoms with van der Waals surface area (Å²) in [7, 11) is 0. The number of hydrogen-bond donors (Lipinski definition) is 0. The largest absolute Gasteiger partial charge is 0.456 e. The average Bonchev–Trinajstić information content (AvgIpc) is 0.713. The van der Waals surface area contributed by atoms with Gasteiger partial charge in [-0.15, -0.1) is 0 Å². The van der Waals surface area contributed by atoms with E-state index in [1.807, 2.05) is 48.5 Å². The number of halogens is 2. The van der Waals surface area contributed by atoms with Crippen LogP contribution in [0.5, 0.6) is 23.0 Å². The number of para-hydroxylation sites is 6. The molecule has 6 nitrogen and oxygen atoms in total. The maximum Gasteiger partial charge on any atom is 0.137 e. The molecule has 0 saturated heterocycles. The summed E-state index contributed by atoms with van der Waals surface area (Å²) in [6.45, 7) is 4.42. The normalized spacial score (nSPS) is 11.7. The molecule has 0 amide bonds. The second-order valence-electron chi connectivity index (χ2n) is 32.2. The Morgan fingerprint density at radius 1 is 0.192 bits per heavy atom. The van der Waals surface area contributed by atoms with Gasteiger partial charge in [0, 0.05) is 101 Å². The highest BCUT2D eigenvalue weighted by atomic mass is 19.1. The van der Waals surface area contributed by atoms with Crippen LogP contribution in [0.2, 0.25) is 0 Å². The highest BCUT2D eigenvalue weighted by Crippen LogP contribution is 2.58. The van der Waals surface area contributed by atoms with E-state index in [9.17, 15) is 8.78 Å². The average molecular weight is 1610 g/mol. The van der Waals surface area contributed by atoms with Crippen molar-refractivity contribution >= 4 is 133 Å². The van der Waals surface area contributed by atoms with E-state index < -0.39 is 0 Å². The monoisotopic (exact) mass is 1610 g/mol. The van der Waals surface area contributed by atoms with Crippen molar-refractivity contribution in [2.24, 2.45) is 0 Å². The van der Waals surface area contributed by atoms with Crippen LogP contribution < -0.4 is 29.1 Å². The lowest BCUT2D eigenvalue weighted by atomic mass is 9.86. The molecule has 594 valence electrons. The lowest BCUT2D eigenvalue weighted by molar-refractivity contribution is 0.486. The molecule has 0 radical (unpaired) electrons. The molecule has 0 saturated carbocycles. The van der Waals surface area contributed by atoms with Crippen molar-refractivity contribution in [2.45, 2.75) is 19.8 Å². The molecule has 0 aliphatic carbocycles. The zero-order valence-electron chi connectivity index (χ0n) is 68.6. The number of nitrogens with zero attached hydrogens (tertiary/aromatic N) is 4. The van der Waals surface area contributed by atoms with Gasteiger partial charge in [0.05, 0.1) is 22.7 Å². The molecule has 0 spiro atoms. The molecule has 23 rings (SSSR count). The molecule has 125 heavy (non-hydrogen) atoms. The molecule has 2 aliphatic rings. The predicted octanol–water partition coefficient (Wildman–Crippen LogP) is 34.1. The molecular formula is C117H80F2N4O2. The van der Waals surface area contributed by atoms with E-state index in [4.69, 9.17) is 9.47 Å². The van der Waals surface area contributed by atoms with Gasteiger partial charge in [0.15, 0.2) is 0 Å². The maximum absolute atomic E-state index is 14.3. The molecule has 0 N–H and O–H groups in total. The number of anilines is 12. The molecule has 2 heterocycles. The van der Waals surface area contributed by atoms with E-state index in [1.54, 1.807) is 12.1 Å². The van der Waals surface area contributed by atoms with Crippen molar-refractivity contribution in [2.75, 3.05) is 19.6 Å². The Balaban J connectivity index is 0.000000152. The zero-order valence-corrected chi connectivity index (χ0v) is 68.6. The lowest BCUT2D eigenvalue weighted by Gasteiger charge is -2.31. The third-order valence-corrected chi connectivity index (χ3v) is 24.5. The first-order valence-corrected chi connectivity index (χ1v) is 42.5. The Labute approximate surface area is 724 Å². The second-order valence-corrected chi connectivity index (χ2v) is 32.2. The molecule has 0 fully saturated rings. The Kier molecular flexibility index (Phi) is 19.1. The Hall–Kier alpha value is -16.2. The number of rotatable bonds is 16. The van der Waals surface area contributed by atoms with Crippen LogP contribution in [0.3, 0.4) is 0 Å². The highest BCUT2D eigenvalue weighted by Gasteiger charge is 2.32. The highest BCUT2D eigenvalue weighted by molar-refractivity contribution is 6.28. The molecule has 0 unspecified atom stereocenters.